The fourth-order valence-corrected chi connectivity index (χ4v) is 1.78. The Morgan fingerprint density at radius 2 is 1.71 bits per heavy atom. The Balaban J connectivity index is 2.42. The van der Waals surface area contributed by atoms with Crippen molar-refractivity contribution < 1.29 is 13.2 Å². The number of benzene rings is 1. The predicted molar refractivity (Wildman–Crippen MR) is 74.6 cm³/mol. The number of hydrogen-bond donors (Lipinski definition) is 3. The molecule has 0 amide bonds. The van der Waals surface area contributed by atoms with Crippen molar-refractivity contribution in [3.8, 4) is 0 Å². The highest BCUT2D eigenvalue weighted by Crippen LogP contribution is 2.31. The lowest BCUT2D eigenvalue weighted by atomic mass is 10.3. The normalized spacial score (nSPS) is 11.3. The third-order valence-electron chi connectivity index (χ3n) is 2.32. The summed E-state index contributed by atoms with van der Waals surface area (Å²) in [4.78, 5) is 6.61. The SMILES string of the molecule is NNc1cc(Nc2cc(Cl)ccc2Cl)nc(C(F)(F)F)n1. The minimum atomic E-state index is -4.71. The molecule has 1 aromatic heterocycles. The summed E-state index contributed by atoms with van der Waals surface area (Å²) in [7, 11) is 0. The van der Waals surface area contributed by atoms with Gasteiger partial charge in [-0.1, -0.05) is 23.2 Å². The predicted octanol–water partition coefficient (Wildman–Crippen LogP) is 3.83. The van der Waals surface area contributed by atoms with Crippen molar-refractivity contribution in [1.82, 2.24) is 9.97 Å². The topological polar surface area (TPSA) is 75.9 Å². The van der Waals surface area contributed by atoms with Gasteiger partial charge in [-0.15, -0.1) is 0 Å². The third kappa shape index (κ3) is 3.87. The summed E-state index contributed by atoms with van der Waals surface area (Å²) in [5.74, 6) is 3.43. The van der Waals surface area contributed by atoms with Gasteiger partial charge in [0.2, 0.25) is 5.82 Å². The van der Waals surface area contributed by atoms with Crippen LogP contribution in [0.4, 0.5) is 30.5 Å². The van der Waals surface area contributed by atoms with Gasteiger partial charge in [0.15, 0.2) is 0 Å². The van der Waals surface area contributed by atoms with Crippen LogP contribution in [0.15, 0.2) is 24.3 Å². The van der Waals surface area contributed by atoms with Crippen molar-refractivity contribution in [1.29, 1.82) is 0 Å². The largest absolute Gasteiger partial charge is 0.451 e. The van der Waals surface area contributed by atoms with E-state index in [1.54, 1.807) is 6.07 Å². The molecule has 10 heteroatoms. The molecular weight excluding hydrogens is 330 g/mol. The minimum Gasteiger partial charge on any atom is -0.339 e. The second-order valence-electron chi connectivity index (χ2n) is 3.85. The Morgan fingerprint density at radius 3 is 2.33 bits per heavy atom. The first kappa shape index (κ1) is 15.6. The standard InChI is InChI=1S/C11H8Cl2F3N5/c12-5-1-2-6(13)7(3-5)18-8-4-9(21-17)20-10(19-8)11(14,15)16/h1-4H,17H2,(H2,18,19,20,21). The number of aromatic nitrogens is 2. The molecular formula is C11H8Cl2F3N5. The molecule has 0 aliphatic carbocycles. The molecule has 1 heterocycles. The zero-order valence-corrected chi connectivity index (χ0v) is 11.7. The number of nitrogen functional groups attached to an aromatic ring is 1. The lowest BCUT2D eigenvalue weighted by Crippen LogP contribution is -2.16. The Bertz CT molecular complexity index is 663. The first-order valence-electron chi connectivity index (χ1n) is 5.44. The molecule has 2 rings (SSSR count). The van der Waals surface area contributed by atoms with Gasteiger partial charge in [-0.05, 0) is 18.2 Å². The van der Waals surface area contributed by atoms with Crippen molar-refractivity contribution in [2.45, 2.75) is 6.18 Å². The monoisotopic (exact) mass is 337 g/mol. The van der Waals surface area contributed by atoms with E-state index in [4.69, 9.17) is 29.0 Å². The lowest BCUT2D eigenvalue weighted by molar-refractivity contribution is -0.144. The average molecular weight is 338 g/mol. The number of nitrogens with one attached hydrogen (secondary N) is 2. The van der Waals surface area contributed by atoms with Gasteiger partial charge in [0.1, 0.15) is 11.6 Å². The van der Waals surface area contributed by atoms with Crippen LogP contribution in [-0.2, 0) is 6.18 Å². The van der Waals surface area contributed by atoms with Gasteiger partial charge in [-0.25, -0.2) is 15.8 Å². The number of halogens is 5. The fourth-order valence-electron chi connectivity index (χ4n) is 1.44. The van der Waals surface area contributed by atoms with E-state index in [1.807, 2.05) is 5.43 Å². The van der Waals surface area contributed by atoms with E-state index in [2.05, 4.69) is 15.3 Å². The smallest absolute Gasteiger partial charge is 0.339 e. The van der Waals surface area contributed by atoms with Gasteiger partial charge in [-0.2, -0.15) is 13.2 Å². The Morgan fingerprint density at radius 1 is 1.05 bits per heavy atom. The van der Waals surface area contributed by atoms with E-state index in [0.29, 0.717) is 10.7 Å². The summed E-state index contributed by atoms with van der Waals surface area (Å²) in [6.45, 7) is 0. The van der Waals surface area contributed by atoms with Gasteiger partial charge in [-0.3, -0.25) is 0 Å². The molecule has 0 aliphatic rings. The van der Waals surface area contributed by atoms with Crippen LogP contribution < -0.4 is 16.6 Å². The Kier molecular flexibility index (Phi) is 4.40. The van der Waals surface area contributed by atoms with Crippen molar-refractivity contribution in [3.05, 3.63) is 40.1 Å². The number of hydrogen-bond acceptors (Lipinski definition) is 5. The maximum absolute atomic E-state index is 12.7. The molecule has 0 fully saturated rings. The highest BCUT2D eigenvalue weighted by atomic mass is 35.5. The molecule has 112 valence electrons. The van der Waals surface area contributed by atoms with Crippen LogP contribution in [0.5, 0.6) is 0 Å². The second-order valence-corrected chi connectivity index (χ2v) is 4.70. The molecule has 0 saturated heterocycles. The lowest BCUT2D eigenvalue weighted by Gasteiger charge is -2.12. The van der Waals surface area contributed by atoms with Gasteiger partial charge in [0.25, 0.3) is 0 Å². The molecule has 0 spiro atoms. The van der Waals surface area contributed by atoms with Crippen LogP contribution >= 0.6 is 23.2 Å². The summed E-state index contributed by atoms with van der Waals surface area (Å²) in [6.07, 6.45) is -4.71. The molecule has 0 atom stereocenters. The van der Waals surface area contributed by atoms with E-state index >= 15 is 0 Å². The third-order valence-corrected chi connectivity index (χ3v) is 2.88. The molecule has 1 aromatic carbocycles. The fraction of sp³-hybridized carbons (Fsp3) is 0.0909. The number of nitrogens with two attached hydrogens (primary N) is 1. The molecule has 0 unspecified atom stereocenters. The first-order chi connectivity index (χ1) is 9.79. The highest BCUT2D eigenvalue weighted by molar-refractivity contribution is 6.35. The first-order valence-corrected chi connectivity index (χ1v) is 6.20. The van der Waals surface area contributed by atoms with Gasteiger partial charge < -0.3 is 10.7 Å². The van der Waals surface area contributed by atoms with Crippen molar-refractivity contribution in [3.63, 3.8) is 0 Å². The van der Waals surface area contributed by atoms with Gasteiger partial charge in [0.05, 0.1) is 10.7 Å². The van der Waals surface area contributed by atoms with E-state index in [-0.39, 0.29) is 16.7 Å². The van der Waals surface area contributed by atoms with Crippen LogP contribution in [0, 0.1) is 0 Å². The molecule has 0 saturated carbocycles. The number of alkyl halides is 3. The molecule has 5 nitrogen and oxygen atoms in total. The van der Waals surface area contributed by atoms with E-state index in [1.165, 1.54) is 18.2 Å². The maximum Gasteiger partial charge on any atom is 0.451 e. The average Bonchev–Trinajstić information content (AvgIpc) is 2.41. The van der Waals surface area contributed by atoms with Crippen molar-refractivity contribution in [2.24, 2.45) is 5.84 Å². The number of nitrogens with zero attached hydrogens (tertiary/aromatic N) is 2. The molecule has 0 aliphatic heterocycles. The van der Waals surface area contributed by atoms with Crippen LogP contribution in [0.2, 0.25) is 10.0 Å². The maximum atomic E-state index is 12.7. The van der Waals surface area contributed by atoms with Gasteiger partial charge in [0, 0.05) is 11.1 Å². The van der Waals surface area contributed by atoms with Gasteiger partial charge >= 0.3 is 6.18 Å². The zero-order valence-electron chi connectivity index (χ0n) is 10.2. The highest BCUT2D eigenvalue weighted by Gasteiger charge is 2.35. The summed E-state index contributed by atoms with van der Waals surface area (Å²) in [5, 5.41) is 3.27. The van der Waals surface area contributed by atoms with Crippen molar-refractivity contribution in [2.75, 3.05) is 10.7 Å². The van der Waals surface area contributed by atoms with E-state index in [0.717, 1.165) is 0 Å². The number of anilines is 3. The second kappa shape index (κ2) is 5.92. The number of hydrazine groups is 1. The van der Waals surface area contributed by atoms with Crippen LogP contribution in [-0.4, -0.2) is 9.97 Å². The molecule has 21 heavy (non-hydrogen) atoms. The molecule has 0 bridgehead atoms. The zero-order chi connectivity index (χ0) is 15.6. The van der Waals surface area contributed by atoms with Crippen molar-refractivity contribution >= 4 is 40.5 Å². The van der Waals surface area contributed by atoms with E-state index < -0.39 is 12.0 Å². The Labute approximate surface area is 127 Å². The summed E-state index contributed by atoms with van der Waals surface area (Å²) >= 11 is 11.7. The van der Waals surface area contributed by atoms with Crippen LogP contribution in [0.25, 0.3) is 0 Å². The molecule has 0 radical (unpaired) electrons. The van der Waals surface area contributed by atoms with Crippen LogP contribution in [0.1, 0.15) is 5.82 Å². The summed E-state index contributed by atoms with van der Waals surface area (Å²) in [5.41, 5.74) is 2.35. The minimum absolute atomic E-state index is 0.130. The quantitative estimate of drug-likeness (QED) is 0.586. The summed E-state index contributed by atoms with van der Waals surface area (Å²) < 4.78 is 38.1. The molecule has 4 N–H and O–H groups in total. The molecule has 2 aromatic rings. The Hall–Kier alpha value is -1.77. The van der Waals surface area contributed by atoms with E-state index in [9.17, 15) is 13.2 Å². The summed E-state index contributed by atoms with van der Waals surface area (Å²) in [6, 6.07) is 5.70. The number of rotatable bonds is 3. The van der Waals surface area contributed by atoms with Crippen LogP contribution in [0.3, 0.4) is 0 Å².